The third kappa shape index (κ3) is 7.14. The Morgan fingerprint density at radius 1 is 0.865 bits per heavy atom. The van der Waals surface area contributed by atoms with Crippen LogP contribution < -0.4 is 30.9 Å². The third-order valence-corrected chi connectivity index (χ3v) is 11.5. The van der Waals surface area contributed by atoms with Gasteiger partial charge in [-0.2, -0.15) is 4.98 Å². The zero-order valence-corrected chi connectivity index (χ0v) is 30.4. The first kappa shape index (κ1) is 34.3. The van der Waals surface area contributed by atoms with Crippen LogP contribution in [0.3, 0.4) is 0 Å². The van der Waals surface area contributed by atoms with Gasteiger partial charge in [0.05, 0.1) is 24.1 Å². The summed E-state index contributed by atoms with van der Waals surface area (Å²) < 4.78 is 1.74. The number of aromatic nitrogens is 4. The van der Waals surface area contributed by atoms with Crippen LogP contribution in [0.15, 0.2) is 65.9 Å². The molecule has 8 rings (SSSR count). The lowest BCUT2D eigenvalue weighted by Gasteiger charge is -2.40. The SMILES string of the molecule is CC(=O)c1c(C)c2cnc(Nc3ccc(N4CCN(CC5CCN(c6ccc(N7C=CCNC7)cc6)CC5)CC4)cn3)nc2n(C2CCCC2)c1=O. The van der Waals surface area contributed by atoms with Crippen LogP contribution in [-0.2, 0) is 0 Å². The number of benzene rings is 1. The van der Waals surface area contributed by atoms with E-state index in [0.29, 0.717) is 23.0 Å². The Balaban J connectivity index is 0.841. The summed E-state index contributed by atoms with van der Waals surface area (Å²) in [6, 6.07) is 13.1. The minimum atomic E-state index is -0.247. The molecule has 12 nitrogen and oxygen atoms in total. The first-order valence-corrected chi connectivity index (χ1v) is 19.0. The van der Waals surface area contributed by atoms with Crippen molar-refractivity contribution in [3.05, 3.63) is 82.5 Å². The molecule has 2 N–H and O–H groups in total. The van der Waals surface area contributed by atoms with Gasteiger partial charge in [-0.3, -0.25) is 24.4 Å². The van der Waals surface area contributed by atoms with Crippen molar-refractivity contribution in [2.45, 2.75) is 58.4 Å². The van der Waals surface area contributed by atoms with E-state index >= 15 is 0 Å². The van der Waals surface area contributed by atoms with Gasteiger partial charge >= 0.3 is 0 Å². The largest absolute Gasteiger partial charge is 0.372 e. The Labute approximate surface area is 305 Å². The average Bonchev–Trinajstić information content (AvgIpc) is 3.71. The molecule has 272 valence electrons. The number of nitrogens with zero attached hydrogens (tertiary/aromatic N) is 8. The number of Topliss-reactive ketones (excluding diaryl/α,β-unsaturated/α-hetero) is 1. The molecule has 1 aromatic carbocycles. The topological polar surface area (TPSA) is 115 Å². The summed E-state index contributed by atoms with van der Waals surface area (Å²) in [6.45, 7) is 12.5. The zero-order chi connectivity index (χ0) is 35.6. The van der Waals surface area contributed by atoms with E-state index in [9.17, 15) is 9.59 Å². The van der Waals surface area contributed by atoms with E-state index in [1.54, 1.807) is 10.8 Å². The van der Waals surface area contributed by atoms with Gasteiger partial charge in [-0.1, -0.05) is 18.9 Å². The number of ketones is 1. The minimum absolute atomic E-state index is 0.0387. The van der Waals surface area contributed by atoms with Crippen LogP contribution in [0.5, 0.6) is 0 Å². The second-order valence-corrected chi connectivity index (χ2v) is 14.8. The summed E-state index contributed by atoms with van der Waals surface area (Å²) in [7, 11) is 0. The smallest absolute Gasteiger partial charge is 0.263 e. The van der Waals surface area contributed by atoms with E-state index in [4.69, 9.17) is 9.97 Å². The molecule has 12 heteroatoms. The highest BCUT2D eigenvalue weighted by Gasteiger charge is 2.27. The number of aryl methyl sites for hydroxylation is 1. The average molecular weight is 703 g/mol. The Kier molecular flexibility index (Phi) is 9.92. The van der Waals surface area contributed by atoms with Gasteiger partial charge in [0.25, 0.3) is 5.56 Å². The number of hydrogen-bond donors (Lipinski definition) is 2. The molecule has 3 aliphatic heterocycles. The fourth-order valence-electron chi connectivity index (χ4n) is 8.53. The van der Waals surface area contributed by atoms with Gasteiger partial charge in [-0.05, 0) is 87.4 Å². The second kappa shape index (κ2) is 15.0. The molecule has 1 saturated carbocycles. The van der Waals surface area contributed by atoms with Crippen molar-refractivity contribution < 1.29 is 4.79 Å². The van der Waals surface area contributed by atoms with Gasteiger partial charge < -0.3 is 20.0 Å². The number of pyridine rings is 2. The molecule has 1 aliphatic carbocycles. The summed E-state index contributed by atoms with van der Waals surface area (Å²) in [5.74, 6) is 1.55. The molecule has 3 fully saturated rings. The number of carbonyl (C=O) groups is 1. The van der Waals surface area contributed by atoms with Crippen molar-refractivity contribution in [3.63, 3.8) is 0 Å². The maximum Gasteiger partial charge on any atom is 0.263 e. The maximum atomic E-state index is 13.6. The van der Waals surface area contributed by atoms with E-state index in [-0.39, 0.29) is 22.9 Å². The van der Waals surface area contributed by atoms with Crippen LogP contribution in [0.25, 0.3) is 11.0 Å². The highest BCUT2D eigenvalue weighted by atomic mass is 16.1. The summed E-state index contributed by atoms with van der Waals surface area (Å²) in [4.78, 5) is 49.9. The molecule has 52 heavy (non-hydrogen) atoms. The van der Waals surface area contributed by atoms with E-state index in [0.717, 1.165) is 95.2 Å². The Hall–Kier alpha value is -4.81. The van der Waals surface area contributed by atoms with Crippen LogP contribution in [0.4, 0.5) is 28.8 Å². The Morgan fingerprint density at radius 2 is 1.58 bits per heavy atom. The molecule has 0 radical (unpaired) electrons. The number of piperidine rings is 1. The fourth-order valence-corrected chi connectivity index (χ4v) is 8.53. The first-order chi connectivity index (χ1) is 25.4. The van der Waals surface area contributed by atoms with Gasteiger partial charge in [0, 0.05) is 87.6 Å². The number of hydrogen-bond acceptors (Lipinski definition) is 11. The quantitative estimate of drug-likeness (QED) is 0.216. The van der Waals surface area contributed by atoms with Crippen molar-refractivity contribution in [3.8, 4) is 0 Å². The summed E-state index contributed by atoms with van der Waals surface area (Å²) in [6.07, 6.45) is 14.4. The summed E-state index contributed by atoms with van der Waals surface area (Å²) >= 11 is 0. The molecule has 2 saturated heterocycles. The van der Waals surface area contributed by atoms with Crippen molar-refractivity contribution in [2.24, 2.45) is 5.92 Å². The van der Waals surface area contributed by atoms with Crippen LogP contribution >= 0.6 is 0 Å². The monoisotopic (exact) mass is 702 g/mol. The van der Waals surface area contributed by atoms with Gasteiger partial charge in [0.15, 0.2) is 5.78 Å². The Bertz CT molecular complexity index is 1970. The van der Waals surface area contributed by atoms with Crippen molar-refractivity contribution in [1.29, 1.82) is 0 Å². The van der Waals surface area contributed by atoms with E-state index in [1.807, 2.05) is 19.2 Å². The van der Waals surface area contributed by atoms with Crippen LogP contribution in [0.2, 0.25) is 0 Å². The van der Waals surface area contributed by atoms with Crippen LogP contribution in [-0.4, -0.2) is 89.2 Å². The number of nitrogens with one attached hydrogen (secondary N) is 2. The molecular weight excluding hydrogens is 653 g/mol. The molecule has 4 aliphatic rings. The molecule has 0 bridgehead atoms. The molecule has 0 spiro atoms. The second-order valence-electron chi connectivity index (χ2n) is 14.8. The number of rotatable bonds is 9. The lowest BCUT2D eigenvalue weighted by atomic mass is 9.95. The van der Waals surface area contributed by atoms with E-state index in [1.165, 1.54) is 37.7 Å². The van der Waals surface area contributed by atoms with Crippen molar-refractivity contribution in [1.82, 2.24) is 29.7 Å². The van der Waals surface area contributed by atoms with E-state index < -0.39 is 0 Å². The molecular formula is C40H50N10O2. The number of anilines is 5. The van der Waals surface area contributed by atoms with Crippen molar-refractivity contribution >= 4 is 45.6 Å². The fraction of sp³-hybridized carbons (Fsp3) is 0.475. The lowest BCUT2D eigenvalue weighted by Crippen LogP contribution is -2.49. The normalized spacial score (nSPS) is 19.2. The highest BCUT2D eigenvalue weighted by Crippen LogP contribution is 2.32. The Morgan fingerprint density at radius 3 is 2.25 bits per heavy atom. The van der Waals surface area contributed by atoms with Crippen molar-refractivity contribution in [2.75, 3.05) is 79.0 Å². The van der Waals surface area contributed by atoms with Gasteiger partial charge in [-0.25, -0.2) is 9.97 Å². The van der Waals surface area contributed by atoms with Gasteiger partial charge in [0.2, 0.25) is 5.95 Å². The van der Waals surface area contributed by atoms with Crippen LogP contribution in [0.1, 0.15) is 67.4 Å². The number of fused-ring (bicyclic) bond motifs is 1. The molecule has 0 atom stereocenters. The summed E-state index contributed by atoms with van der Waals surface area (Å²) in [5.41, 5.74) is 4.88. The molecule has 0 unspecified atom stereocenters. The zero-order valence-electron chi connectivity index (χ0n) is 30.4. The number of piperazine rings is 1. The molecule has 0 amide bonds. The highest BCUT2D eigenvalue weighted by molar-refractivity contribution is 5.99. The predicted octanol–water partition coefficient (Wildman–Crippen LogP) is 5.48. The van der Waals surface area contributed by atoms with Crippen LogP contribution in [0, 0.1) is 12.8 Å². The summed E-state index contributed by atoms with van der Waals surface area (Å²) in [5, 5.41) is 7.37. The number of carbonyl (C=O) groups excluding carboxylic acids is 1. The predicted molar refractivity (Wildman–Crippen MR) is 208 cm³/mol. The molecule has 6 heterocycles. The molecule has 3 aromatic heterocycles. The van der Waals surface area contributed by atoms with Gasteiger partial charge in [0.1, 0.15) is 11.5 Å². The third-order valence-electron chi connectivity index (χ3n) is 11.5. The maximum absolute atomic E-state index is 13.6. The van der Waals surface area contributed by atoms with Gasteiger partial charge in [-0.15, -0.1) is 0 Å². The standard InChI is InChI=1S/C40H50N10O2/c1-28-35-25-43-40(45-38(35)50(33-6-3-4-7-33)39(52)37(28)29(2)51)44-36-13-12-34(24-42-36)48-22-20-46(21-23-48)26-30-14-18-47(19-15-30)31-8-10-32(11-9-31)49-17-5-16-41-27-49/h5,8-13,17,24-25,30,33,41H,3-4,6-7,14-16,18-23,26-27H2,1-2H3,(H,42,43,44,45). The first-order valence-electron chi connectivity index (χ1n) is 19.0. The molecule has 4 aromatic rings. The lowest BCUT2D eigenvalue weighted by molar-refractivity contribution is 0.101. The van der Waals surface area contributed by atoms with E-state index in [2.05, 4.69) is 77.8 Å². The minimum Gasteiger partial charge on any atom is -0.372 e.